The zero-order valence-corrected chi connectivity index (χ0v) is 16.4. The minimum absolute atomic E-state index is 0.0878. The summed E-state index contributed by atoms with van der Waals surface area (Å²) >= 11 is 0. The average molecular weight is 432 g/mol. The van der Waals surface area contributed by atoms with Gasteiger partial charge in [-0.1, -0.05) is 12.1 Å². The van der Waals surface area contributed by atoms with Crippen LogP contribution in [0.25, 0.3) is 0 Å². The van der Waals surface area contributed by atoms with Crippen LogP contribution in [0.4, 0.5) is 10.1 Å². The molecule has 10 heteroatoms. The molecule has 3 aromatic rings. The van der Waals surface area contributed by atoms with Crippen molar-refractivity contribution >= 4 is 21.6 Å². The molecule has 1 aliphatic rings. The first-order chi connectivity index (χ1) is 14.4. The normalized spacial score (nSPS) is 12.9. The summed E-state index contributed by atoms with van der Waals surface area (Å²) in [6, 6.07) is 13.0. The van der Waals surface area contributed by atoms with Crippen molar-refractivity contribution in [3.05, 3.63) is 72.4 Å². The van der Waals surface area contributed by atoms with E-state index in [2.05, 4.69) is 5.32 Å². The van der Waals surface area contributed by atoms with Crippen molar-refractivity contribution in [1.29, 1.82) is 0 Å². The van der Waals surface area contributed by atoms with E-state index < -0.39 is 33.2 Å². The van der Waals surface area contributed by atoms with Crippen molar-refractivity contribution in [2.45, 2.75) is 11.4 Å². The Labute approximate surface area is 171 Å². The highest BCUT2D eigenvalue weighted by Crippen LogP contribution is 2.34. The van der Waals surface area contributed by atoms with E-state index in [0.717, 1.165) is 16.4 Å². The van der Waals surface area contributed by atoms with Gasteiger partial charge in [0.05, 0.1) is 19.4 Å². The Balaban J connectivity index is 1.57. The molecule has 0 aliphatic carbocycles. The SMILES string of the molecule is O=C(CN(Cc1ccco1)S(=O)(=O)c1ccccc1F)Nc1ccc2c(c1)OCO2. The second-order valence-corrected chi connectivity index (χ2v) is 8.31. The highest BCUT2D eigenvalue weighted by atomic mass is 32.2. The number of hydrogen-bond donors (Lipinski definition) is 1. The third-order valence-corrected chi connectivity index (χ3v) is 6.17. The number of anilines is 1. The largest absolute Gasteiger partial charge is 0.468 e. The summed E-state index contributed by atoms with van der Waals surface area (Å²) in [5, 5.41) is 2.61. The maximum atomic E-state index is 14.2. The van der Waals surface area contributed by atoms with Gasteiger partial charge in [-0.05, 0) is 36.4 Å². The summed E-state index contributed by atoms with van der Waals surface area (Å²) in [5.74, 6) is -0.182. The molecule has 0 saturated heterocycles. The van der Waals surface area contributed by atoms with E-state index in [1.165, 1.54) is 18.4 Å². The fourth-order valence-electron chi connectivity index (χ4n) is 2.93. The quantitative estimate of drug-likeness (QED) is 0.616. The Kier molecular flexibility index (Phi) is 5.42. The second kappa shape index (κ2) is 8.17. The van der Waals surface area contributed by atoms with Crippen LogP contribution in [0.5, 0.6) is 11.5 Å². The van der Waals surface area contributed by atoms with Gasteiger partial charge in [-0.15, -0.1) is 0 Å². The molecule has 8 nitrogen and oxygen atoms in total. The minimum Gasteiger partial charge on any atom is -0.468 e. The molecule has 4 rings (SSSR count). The standard InChI is InChI=1S/C20H17FN2O6S/c21-16-5-1-2-6-19(16)30(25,26)23(11-15-4-3-9-27-15)12-20(24)22-14-7-8-17-18(10-14)29-13-28-17/h1-10H,11-13H2,(H,22,24). The lowest BCUT2D eigenvalue weighted by Gasteiger charge is -2.21. The molecule has 30 heavy (non-hydrogen) atoms. The van der Waals surface area contributed by atoms with Gasteiger partial charge >= 0.3 is 0 Å². The Morgan fingerprint density at radius 3 is 2.63 bits per heavy atom. The van der Waals surface area contributed by atoms with E-state index in [4.69, 9.17) is 13.9 Å². The van der Waals surface area contributed by atoms with Crippen LogP contribution in [0.3, 0.4) is 0 Å². The van der Waals surface area contributed by atoms with Crippen molar-refractivity contribution in [3.8, 4) is 11.5 Å². The fourth-order valence-corrected chi connectivity index (χ4v) is 4.36. The zero-order valence-electron chi connectivity index (χ0n) is 15.6. The van der Waals surface area contributed by atoms with Crippen LogP contribution in [0.15, 0.2) is 70.2 Å². The zero-order chi connectivity index (χ0) is 21.1. The molecule has 2 heterocycles. The number of benzene rings is 2. The summed E-state index contributed by atoms with van der Waals surface area (Å²) < 4.78 is 56.8. The molecule has 0 atom stereocenters. The molecule has 156 valence electrons. The lowest BCUT2D eigenvalue weighted by Crippen LogP contribution is -2.37. The number of halogens is 1. The van der Waals surface area contributed by atoms with E-state index in [1.54, 1.807) is 30.3 Å². The van der Waals surface area contributed by atoms with Crippen molar-refractivity contribution < 1.29 is 31.5 Å². The Morgan fingerprint density at radius 1 is 1.07 bits per heavy atom. The van der Waals surface area contributed by atoms with Crippen LogP contribution in [-0.4, -0.2) is 32.0 Å². The average Bonchev–Trinajstić information content (AvgIpc) is 3.39. The summed E-state index contributed by atoms with van der Waals surface area (Å²) in [4.78, 5) is 12.1. The molecular formula is C20H17FN2O6S. The minimum atomic E-state index is -4.31. The highest BCUT2D eigenvalue weighted by Gasteiger charge is 2.30. The van der Waals surface area contributed by atoms with Gasteiger partial charge in [0.25, 0.3) is 0 Å². The summed E-state index contributed by atoms with van der Waals surface area (Å²) in [7, 11) is -4.31. The molecule has 1 N–H and O–H groups in total. The van der Waals surface area contributed by atoms with E-state index >= 15 is 0 Å². The van der Waals surface area contributed by atoms with E-state index in [9.17, 15) is 17.6 Å². The van der Waals surface area contributed by atoms with Crippen molar-refractivity contribution in [3.63, 3.8) is 0 Å². The summed E-state index contributed by atoms with van der Waals surface area (Å²) in [6.07, 6.45) is 1.38. The molecule has 0 saturated carbocycles. The van der Waals surface area contributed by atoms with Crippen molar-refractivity contribution in [2.24, 2.45) is 0 Å². The molecule has 0 spiro atoms. The number of sulfonamides is 1. The van der Waals surface area contributed by atoms with Gasteiger partial charge in [-0.25, -0.2) is 12.8 Å². The van der Waals surface area contributed by atoms with Crippen LogP contribution < -0.4 is 14.8 Å². The molecule has 1 aliphatic heterocycles. The Morgan fingerprint density at radius 2 is 1.87 bits per heavy atom. The molecule has 0 fully saturated rings. The van der Waals surface area contributed by atoms with Crippen molar-refractivity contribution in [1.82, 2.24) is 4.31 Å². The fraction of sp³-hybridized carbons (Fsp3) is 0.150. The van der Waals surface area contributed by atoms with Gasteiger partial charge in [0.1, 0.15) is 16.5 Å². The maximum Gasteiger partial charge on any atom is 0.246 e. The van der Waals surface area contributed by atoms with Gasteiger partial charge in [0, 0.05) is 11.8 Å². The summed E-state index contributed by atoms with van der Waals surface area (Å²) in [6.45, 7) is -0.700. The monoisotopic (exact) mass is 432 g/mol. The topological polar surface area (TPSA) is 98.1 Å². The lowest BCUT2D eigenvalue weighted by atomic mass is 10.3. The Bertz CT molecular complexity index is 1160. The highest BCUT2D eigenvalue weighted by molar-refractivity contribution is 7.89. The molecule has 0 radical (unpaired) electrons. The Hall–Kier alpha value is -3.37. The van der Waals surface area contributed by atoms with Crippen molar-refractivity contribution in [2.75, 3.05) is 18.7 Å². The summed E-state index contributed by atoms with van der Waals surface area (Å²) in [5.41, 5.74) is 0.408. The molecule has 1 amide bonds. The first-order valence-corrected chi connectivity index (χ1v) is 10.3. The van der Waals surface area contributed by atoms with Gasteiger partial charge in [-0.3, -0.25) is 4.79 Å². The first-order valence-electron chi connectivity index (χ1n) is 8.90. The van der Waals surface area contributed by atoms with Gasteiger partial charge in [0.15, 0.2) is 11.5 Å². The number of nitrogens with zero attached hydrogens (tertiary/aromatic N) is 1. The molecule has 2 aromatic carbocycles. The van der Waals surface area contributed by atoms with E-state index in [0.29, 0.717) is 22.9 Å². The van der Waals surface area contributed by atoms with Crippen LogP contribution in [0.1, 0.15) is 5.76 Å². The molecule has 1 aromatic heterocycles. The number of amides is 1. The number of ether oxygens (including phenoxy) is 2. The van der Waals surface area contributed by atoms with Gasteiger partial charge in [-0.2, -0.15) is 4.31 Å². The number of nitrogens with one attached hydrogen (secondary N) is 1. The molecular weight excluding hydrogens is 415 g/mol. The first kappa shape index (κ1) is 19.9. The maximum absolute atomic E-state index is 14.2. The molecule has 0 bridgehead atoms. The van der Waals surface area contributed by atoms with Gasteiger partial charge < -0.3 is 19.2 Å². The number of carbonyl (C=O) groups excluding carboxylic acids is 1. The predicted octanol–water partition coefficient (Wildman–Crippen LogP) is 2.98. The van der Waals surface area contributed by atoms with Crippen LogP contribution in [0, 0.1) is 5.82 Å². The number of carbonyl (C=O) groups is 1. The smallest absolute Gasteiger partial charge is 0.246 e. The second-order valence-electron chi connectivity index (χ2n) is 6.40. The third kappa shape index (κ3) is 4.14. The van der Waals surface area contributed by atoms with E-state index in [1.807, 2.05) is 0 Å². The number of furan rings is 1. The van der Waals surface area contributed by atoms with E-state index in [-0.39, 0.29) is 13.3 Å². The van der Waals surface area contributed by atoms with Crippen LogP contribution in [0.2, 0.25) is 0 Å². The predicted molar refractivity (Wildman–Crippen MR) is 104 cm³/mol. The number of hydrogen-bond acceptors (Lipinski definition) is 6. The van der Waals surface area contributed by atoms with Gasteiger partial charge in [0.2, 0.25) is 22.7 Å². The third-order valence-electron chi connectivity index (χ3n) is 4.34. The molecule has 0 unspecified atom stereocenters. The lowest BCUT2D eigenvalue weighted by molar-refractivity contribution is -0.116. The number of rotatable bonds is 7. The van der Waals surface area contributed by atoms with Crippen LogP contribution in [-0.2, 0) is 21.4 Å². The number of fused-ring (bicyclic) bond motifs is 1. The van der Waals surface area contributed by atoms with Crippen LogP contribution >= 0.6 is 0 Å².